The number of rotatable bonds is 12. The lowest BCUT2D eigenvalue weighted by Gasteiger charge is -2.04. The quantitative estimate of drug-likeness (QED) is 0.406. The second-order valence-corrected chi connectivity index (χ2v) is 5.97. The van der Waals surface area contributed by atoms with Crippen LogP contribution in [0.1, 0.15) is 69.4 Å². The van der Waals surface area contributed by atoms with Gasteiger partial charge in [0.1, 0.15) is 0 Å². The second-order valence-electron chi connectivity index (χ2n) is 5.97. The predicted molar refractivity (Wildman–Crippen MR) is 93.2 cm³/mol. The molecule has 0 unspecified atom stereocenters. The van der Waals surface area contributed by atoms with Crippen LogP contribution in [0.25, 0.3) is 0 Å². The topological polar surface area (TPSA) is 37.3 Å². The largest absolute Gasteiger partial charge is 0.478 e. The van der Waals surface area contributed by atoms with Crippen LogP contribution in [0.5, 0.6) is 0 Å². The number of benzene rings is 1. The van der Waals surface area contributed by atoms with Crippen molar-refractivity contribution in [1.82, 2.24) is 0 Å². The highest BCUT2D eigenvalue weighted by atomic mass is 16.4. The third-order valence-electron chi connectivity index (χ3n) is 3.94. The Balaban J connectivity index is 2.15. The number of hydrogen-bond donors (Lipinski definition) is 1. The fraction of sp³-hybridized carbons (Fsp3) is 0.550. The zero-order valence-electron chi connectivity index (χ0n) is 13.9. The van der Waals surface area contributed by atoms with E-state index in [4.69, 9.17) is 5.11 Å². The molecule has 1 aromatic carbocycles. The number of aryl methyl sites for hydroxylation is 2. The highest BCUT2D eigenvalue weighted by Crippen LogP contribution is 2.12. The van der Waals surface area contributed by atoms with Gasteiger partial charge in [0.25, 0.3) is 0 Å². The second kappa shape index (κ2) is 12.0. The fourth-order valence-electron chi connectivity index (χ4n) is 2.59. The van der Waals surface area contributed by atoms with Crippen molar-refractivity contribution in [2.45, 2.75) is 71.1 Å². The Morgan fingerprint density at radius 1 is 0.909 bits per heavy atom. The van der Waals surface area contributed by atoms with Crippen LogP contribution in [0.3, 0.4) is 0 Å². The first-order chi connectivity index (χ1) is 10.7. The minimum Gasteiger partial charge on any atom is -0.478 e. The molecule has 0 heterocycles. The van der Waals surface area contributed by atoms with E-state index in [1.165, 1.54) is 62.1 Å². The first-order valence-corrected chi connectivity index (χ1v) is 8.69. The van der Waals surface area contributed by atoms with E-state index in [2.05, 4.69) is 31.2 Å². The van der Waals surface area contributed by atoms with Gasteiger partial charge in [-0.15, -0.1) is 0 Å². The zero-order chi connectivity index (χ0) is 16.0. The Bertz CT molecular complexity index is 432. The molecule has 122 valence electrons. The van der Waals surface area contributed by atoms with Gasteiger partial charge in [-0.1, -0.05) is 69.4 Å². The lowest BCUT2D eigenvalue weighted by molar-refractivity contribution is -0.131. The molecule has 0 fully saturated rings. The van der Waals surface area contributed by atoms with Crippen LogP contribution < -0.4 is 0 Å². The minimum absolute atomic E-state index is 0.825. The maximum absolute atomic E-state index is 10.3. The third-order valence-corrected chi connectivity index (χ3v) is 3.94. The standard InChI is InChI=1S/C20H30O2/c1-2-3-4-5-6-8-11-18-14-16-19(17-15-18)12-9-7-10-13-20(21)22/h10,13-17H,2-9,11-12H2,1H3,(H,21,22). The number of allylic oxidation sites excluding steroid dienone is 1. The van der Waals surface area contributed by atoms with Crippen LogP contribution in [0.15, 0.2) is 36.4 Å². The van der Waals surface area contributed by atoms with Crippen molar-refractivity contribution in [1.29, 1.82) is 0 Å². The van der Waals surface area contributed by atoms with Gasteiger partial charge >= 0.3 is 5.97 Å². The average molecular weight is 302 g/mol. The van der Waals surface area contributed by atoms with Crippen molar-refractivity contribution >= 4 is 5.97 Å². The Morgan fingerprint density at radius 3 is 2.05 bits per heavy atom. The number of carbonyl (C=O) groups is 1. The van der Waals surface area contributed by atoms with Gasteiger partial charge in [0.2, 0.25) is 0 Å². The Morgan fingerprint density at radius 2 is 1.45 bits per heavy atom. The summed E-state index contributed by atoms with van der Waals surface area (Å²) in [7, 11) is 0. The molecule has 0 saturated carbocycles. The first-order valence-electron chi connectivity index (χ1n) is 8.69. The maximum Gasteiger partial charge on any atom is 0.327 e. The number of aliphatic carboxylic acids is 1. The van der Waals surface area contributed by atoms with Gasteiger partial charge in [-0.2, -0.15) is 0 Å². The van der Waals surface area contributed by atoms with Crippen molar-refractivity contribution in [3.05, 3.63) is 47.5 Å². The molecule has 2 nitrogen and oxygen atoms in total. The van der Waals surface area contributed by atoms with Gasteiger partial charge in [-0.05, 0) is 43.2 Å². The number of hydrogen-bond acceptors (Lipinski definition) is 1. The Labute approximate surface area is 135 Å². The summed E-state index contributed by atoms with van der Waals surface area (Å²) < 4.78 is 0. The number of carboxylic acids is 1. The third kappa shape index (κ3) is 9.38. The van der Waals surface area contributed by atoms with Crippen molar-refractivity contribution in [3.8, 4) is 0 Å². The van der Waals surface area contributed by atoms with Crippen LogP contribution in [-0.4, -0.2) is 11.1 Å². The average Bonchev–Trinajstić information content (AvgIpc) is 2.51. The van der Waals surface area contributed by atoms with E-state index in [-0.39, 0.29) is 0 Å². The number of carboxylic acid groups (broad SMARTS) is 1. The van der Waals surface area contributed by atoms with Crippen LogP contribution in [0.2, 0.25) is 0 Å². The molecule has 0 amide bonds. The molecule has 1 N–H and O–H groups in total. The van der Waals surface area contributed by atoms with Crippen molar-refractivity contribution in [2.75, 3.05) is 0 Å². The van der Waals surface area contributed by atoms with Gasteiger partial charge in [0.05, 0.1) is 0 Å². The molecule has 0 aliphatic heterocycles. The van der Waals surface area contributed by atoms with Crippen molar-refractivity contribution < 1.29 is 9.90 Å². The van der Waals surface area contributed by atoms with Gasteiger partial charge < -0.3 is 5.11 Å². The summed E-state index contributed by atoms with van der Waals surface area (Å²) >= 11 is 0. The van der Waals surface area contributed by atoms with E-state index < -0.39 is 5.97 Å². The summed E-state index contributed by atoms with van der Waals surface area (Å²) in [4.78, 5) is 10.3. The normalized spacial score (nSPS) is 11.1. The van der Waals surface area contributed by atoms with Crippen molar-refractivity contribution in [2.24, 2.45) is 0 Å². The summed E-state index contributed by atoms with van der Waals surface area (Å²) in [6.07, 6.45) is 15.1. The molecule has 0 saturated heterocycles. The first kappa shape index (κ1) is 18.5. The monoisotopic (exact) mass is 302 g/mol. The van der Waals surface area contributed by atoms with Crippen LogP contribution in [0, 0.1) is 0 Å². The fourth-order valence-corrected chi connectivity index (χ4v) is 2.59. The van der Waals surface area contributed by atoms with E-state index in [1.54, 1.807) is 6.08 Å². The summed E-state index contributed by atoms with van der Waals surface area (Å²) in [6, 6.07) is 8.92. The lowest BCUT2D eigenvalue weighted by atomic mass is 10.0. The zero-order valence-corrected chi connectivity index (χ0v) is 13.9. The molecule has 0 bridgehead atoms. The molecule has 2 heteroatoms. The highest BCUT2D eigenvalue weighted by molar-refractivity contribution is 5.79. The molecule has 0 aliphatic rings. The van der Waals surface area contributed by atoms with Gasteiger partial charge in [-0.25, -0.2) is 4.79 Å². The highest BCUT2D eigenvalue weighted by Gasteiger charge is 1.96. The molecule has 0 aromatic heterocycles. The van der Waals surface area contributed by atoms with E-state index in [0.717, 1.165) is 19.3 Å². The molecule has 1 aromatic rings. The van der Waals surface area contributed by atoms with Crippen LogP contribution in [-0.2, 0) is 17.6 Å². The van der Waals surface area contributed by atoms with E-state index in [1.807, 2.05) is 0 Å². The molecule has 0 aliphatic carbocycles. The Kier molecular flexibility index (Phi) is 10.1. The van der Waals surface area contributed by atoms with E-state index in [9.17, 15) is 4.79 Å². The molecule has 0 spiro atoms. The van der Waals surface area contributed by atoms with Gasteiger partial charge in [0.15, 0.2) is 0 Å². The Hall–Kier alpha value is -1.57. The molecule has 0 atom stereocenters. The van der Waals surface area contributed by atoms with E-state index >= 15 is 0 Å². The predicted octanol–water partition coefficient (Wildman–Crippen LogP) is 5.55. The summed E-state index contributed by atoms with van der Waals surface area (Å²) in [5.41, 5.74) is 2.78. The SMILES string of the molecule is CCCCCCCCc1ccc(CCCC=CC(=O)O)cc1. The summed E-state index contributed by atoms with van der Waals surface area (Å²) in [6.45, 7) is 2.25. The molecule has 0 radical (unpaired) electrons. The molecular weight excluding hydrogens is 272 g/mol. The van der Waals surface area contributed by atoms with E-state index in [0.29, 0.717) is 0 Å². The lowest BCUT2D eigenvalue weighted by Crippen LogP contribution is -1.90. The van der Waals surface area contributed by atoms with Crippen molar-refractivity contribution in [3.63, 3.8) is 0 Å². The summed E-state index contributed by atoms with van der Waals surface area (Å²) in [5, 5.41) is 8.50. The van der Waals surface area contributed by atoms with Crippen LogP contribution >= 0.6 is 0 Å². The minimum atomic E-state index is -0.862. The smallest absolute Gasteiger partial charge is 0.327 e. The summed E-state index contributed by atoms with van der Waals surface area (Å²) in [5.74, 6) is -0.862. The molecule has 1 rings (SSSR count). The van der Waals surface area contributed by atoms with Gasteiger partial charge in [-0.3, -0.25) is 0 Å². The number of unbranched alkanes of at least 4 members (excludes halogenated alkanes) is 6. The van der Waals surface area contributed by atoms with Crippen LogP contribution in [0.4, 0.5) is 0 Å². The van der Waals surface area contributed by atoms with Gasteiger partial charge in [0, 0.05) is 6.08 Å². The molecule has 22 heavy (non-hydrogen) atoms. The molecular formula is C20H30O2. The maximum atomic E-state index is 10.3.